The summed E-state index contributed by atoms with van der Waals surface area (Å²) in [6.45, 7) is 3.88. The number of aryl methyl sites for hydroxylation is 2. The van der Waals surface area contributed by atoms with Gasteiger partial charge in [-0.15, -0.1) is 11.3 Å². The maximum atomic E-state index is 12.8. The molecule has 0 spiro atoms. The van der Waals surface area contributed by atoms with Gasteiger partial charge in [-0.1, -0.05) is 0 Å². The number of fused-ring (bicyclic) bond motifs is 1. The van der Waals surface area contributed by atoms with Crippen LogP contribution < -0.4 is 5.32 Å². The Hall–Kier alpha value is -3.06. The summed E-state index contributed by atoms with van der Waals surface area (Å²) in [4.78, 5) is 25.6. The summed E-state index contributed by atoms with van der Waals surface area (Å²) < 4.78 is 1.85. The van der Waals surface area contributed by atoms with Gasteiger partial charge < -0.3 is 4.40 Å². The lowest BCUT2D eigenvalue weighted by Gasteiger charge is -2.08. The second kappa shape index (κ2) is 6.10. The fraction of sp³-hybridized carbons (Fsp3) is 0.111. The van der Waals surface area contributed by atoms with Gasteiger partial charge in [0, 0.05) is 47.5 Å². The average molecular weight is 349 g/mol. The van der Waals surface area contributed by atoms with Crippen LogP contribution in [-0.2, 0) is 0 Å². The maximum Gasteiger partial charge on any atom is 0.261 e. The van der Waals surface area contributed by atoms with Crippen molar-refractivity contribution in [3.05, 3.63) is 65.3 Å². The van der Waals surface area contributed by atoms with Crippen LogP contribution in [0.3, 0.4) is 0 Å². The lowest BCUT2D eigenvalue weighted by atomic mass is 10.1. The van der Waals surface area contributed by atoms with Crippen molar-refractivity contribution in [3.8, 4) is 11.1 Å². The zero-order chi connectivity index (χ0) is 17.4. The molecule has 0 aliphatic carbocycles. The van der Waals surface area contributed by atoms with Crippen LogP contribution in [0.4, 0.5) is 5.13 Å². The Bertz CT molecular complexity index is 1080. The number of rotatable bonds is 3. The molecule has 0 fully saturated rings. The zero-order valence-corrected chi connectivity index (χ0v) is 14.5. The van der Waals surface area contributed by atoms with Gasteiger partial charge in [0.25, 0.3) is 5.91 Å². The van der Waals surface area contributed by atoms with Gasteiger partial charge >= 0.3 is 0 Å². The molecule has 0 unspecified atom stereocenters. The Morgan fingerprint density at radius 2 is 2.08 bits per heavy atom. The molecule has 1 N–H and O–H groups in total. The van der Waals surface area contributed by atoms with Gasteiger partial charge in [-0.3, -0.25) is 15.1 Å². The lowest BCUT2D eigenvalue weighted by molar-refractivity contribution is 0.102. The summed E-state index contributed by atoms with van der Waals surface area (Å²) >= 11 is 1.40. The highest BCUT2D eigenvalue weighted by Crippen LogP contribution is 2.24. The van der Waals surface area contributed by atoms with Crippen LogP contribution in [0.2, 0.25) is 0 Å². The molecule has 4 aromatic heterocycles. The van der Waals surface area contributed by atoms with E-state index in [4.69, 9.17) is 0 Å². The molecule has 0 radical (unpaired) electrons. The van der Waals surface area contributed by atoms with E-state index >= 15 is 0 Å². The first kappa shape index (κ1) is 15.5. The minimum atomic E-state index is -0.229. The van der Waals surface area contributed by atoms with Crippen LogP contribution in [0.1, 0.15) is 21.6 Å². The lowest BCUT2D eigenvalue weighted by Crippen LogP contribution is -2.13. The molecule has 0 bridgehead atoms. The number of nitrogens with one attached hydrogen (secondary N) is 1. The molecule has 7 heteroatoms. The van der Waals surface area contributed by atoms with Crippen molar-refractivity contribution < 1.29 is 4.79 Å². The van der Waals surface area contributed by atoms with Gasteiger partial charge in [0.1, 0.15) is 5.65 Å². The molecule has 4 aromatic rings. The van der Waals surface area contributed by atoms with Crippen molar-refractivity contribution in [1.82, 2.24) is 19.4 Å². The van der Waals surface area contributed by atoms with Crippen molar-refractivity contribution in [2.75, 3.05) is 5.32 Å². The molecule has 6 nitrogen and oxygen atoms in total. The van der Waals surface area contributed by atoms with Gasteiger partial charge in [0.15, 0.2) is 5.13 Å². The molecule has 0 saturated carbocycles. The molecule has 0 aliphatic rings. The first-order chi connectivity index (χ1) is 12.1. The van der Waals surface area contributed by atoms with Crippen LogP contribution in [0.25, 0.3) is 16.8 Å². The number of nitrogens with zero attached hydrogens (tertiary/aromatic N) is 4. The number of imidazole rings is 1. The number of aromatic nitrogens is 4. The van der Waals surface area contributed by atoms with E-state index in [2.05, 4.69) is 20.3 Å². The number of carbonyl (C=O) groups excluding carboxylic acids is 1. The van der Waals surface area contributed by atoms with Crippen molar-refractivity contribution in [2.24, 2.45) is 0 Å². The molecular formula is C18H15N5OS. The third kappa shape index (κ3) is 3.01. The molecule has 0 atom stereocenters. The van der Waals surface area contributed by atoms with Gasteiger partial charge in [-0.05, 0) is 31.5 Å². The Morgan fingerprint density at radius 1 is 1.20 bits per heavy atom. The van der Waals surface area contributed by atoms with Crippen LogP contribution >= 0.6 is 11.3 Å². The summed E-state index contributed by atoms with van der Waals surface area (Å²) in [5.41, 5.74) is 4.90. The molecule has 4 rings (SSSR count). The highest BCUT2D eigenvalue weighted by atomic mass is 32.1. The van der Waals surface area contributed by atoms with Crippen molar-refractivity contribution in [2.45, 2.75) is 13.8 Å². The Labute approximate surface area is 148 Å². The van der Waals surface area contributed by atoms with Gasteiger partial charge in [-0.25, -0.2) is 9.97 Å². The summed E-state index contributed by atoms with van der Waals surface area (Å²) in [6.07, 6.45) is 9.04. The van der Waals surface area contributed by atoms with E-state index < -0.39 is 0 Å². The number of thiazole rings is 1. The van der Waals surface area contributed by atoms with Gasteiger partial charge in [0.2, 0.25) is 0 Å². The van der Waals surface area contributed by atoms with Crippen LogP contribution in [0.5, 0.6) is 0 Å². The highest BCUT2D eigenvalue weighted by Gasteiger charge is 2.16. The highest BCUT2D eigenvalue weighted by molar-refractivity contribution is 7.13. The monoisotopic (exact) mass is 349 g/mol. The maximum absolute atomic E-state index is 12.8. The third-order valence-corrected chi connectivity index (χ3v) is 4.66. The standard InChI is InChI=1S/C18H15N5OS/c1-11-5-13(8-19-7-11)14-6-15(16-20-3-4-23(16)9-14)17(24)22-18-21-12(2)10-25-18/h3-10H,1-2H3,(H,21,22,24). The minimum Gasteiger partial charge on any atom is -0.306 e. The predicted molar refractivity (Wildman–Crippen MR) is 98.0 cm³/mol. The number of hydrogen-bond acceptors (Lipinski definition) is 5. The average Bonchev–Trinajstić information content (AvgIpc) is 3.22. The number of carbonyl (C=O) groups is 1. The molecule has 25 heavy (non-hydrogen) atoms. The number of amides is 1. The third-order valence-electron chi connectivity index (χ3n) is 3.78. The molecular weight excluding hydrogens is 334 g/mol. The second-order valence-corrected chi connectivity index (χ2v) is 6.66. The van der Waals surface area contributed by atoms with Crippen LogP contribution in [0.15, 0.2) is 48.5 Å². The first-order valence-corrected chi connectivity index (χ1v) is 8.60. The summed E-state index contributed by atoms with van der Waals surface area (Å²) in [5, 5.41) is 5.33. The smallest absolute Gasteiger partial charge is 0.261 e. The summed E-state index contributed by atoms with van der Waals surface area (Å²) in [7, 11) is 0. The van der Waals surface area contributed by atoms with E-state index in [1.54, 1.807) is 18.6 Å². The number of pyridine rings is 2. The van der Waals surface area contributed by atoms with E-state index in [0.29, 0.717) is 16.3 Å². The van der Waals surface area contributed by atoms with E-state index in [1.165, 1.54) is 11.3 Å². The van der Waals surface area contributed by atoms with Crippen molar-refractivity contribution in [1.29, 1.82) is 0 Å². The summed E-state index contributed by atoms with van der Waals surface area (Å²) in [5.74, 6) is -0.229. The summed E-state index contributed by atoms with van der Waals surface area (Å²) in [6, 6.07) is 3.88. The fourth-order valence-electron chi connectivity index (χ4n) is 2.65. The van der Waals surface area contributed by atoms with Crippen LogP contribution in [0, 0.1) is 13.8 Å². The Morgan fingerprint density at radius 3 is 2.84 bits per heavy atom. The number of anilines is 1. The molecule has 124 valence electrons. The van der Waals surface area contributed by atoms with E-state index in [9.17, 15) is 4.79 Å². The predicted octanol–water partition coefficient (Wildman–Crippen LogP) is 3.72. The SMILES string of the molecule is Cc1cncc(-c2cc(C(=O)Nc3nc(C)cs3)c3nccn3c2)c1. The molecule has 0 saturated heterocycles. The molecule has 4 heterocycles. The fourth-order valence-corrected chi connectivity index (χ4v) is 3.33. The molecule has 0 aliphatic heterocycles. The van der Waals surface area contributed by atoms with Crippen LogP contribution in [-0.4, -0.2) is 25.3 Å². The Kier molecular flexibility index (Phi) is 3.77. The normalized spacial score (nSPS) is 11.0. The van der Waals surface area contributed by atoms with Gasteiger partial charge in [-0.2, -0.15) is 0 Å². The van der Waals surface area contributed by atoms with E-state index in [1.807, 2.05) is 48.2 Å². The second-order valence-electron chi connectivity index (χ2n) is 5.80. The van der Waals surface area contributed by atoms with Crippen molar-refractivity contribution >= 4 is 28.0 Å². The number of hydrogen-bond donors (Lipinski definition) is 1. The Balaban J connectivity index is 1.79. The van der Waals surface area contributed by atoms with Crippen molar-refractivity contribution in [3.63, 3.8) is 0 Å². The largest absolute Gasteiger partial charge is 0.306 e. The molecule has 0 aromatic carbocycles. The van der Waals surface area contributed by atoms with E-state index in [-0.39, 0.29) is 5.91 Å². The zero-order valence-electron chi connectivity index (χ0n) is 13.7. The first-order valence-electron chi connectivity index (χ1n) is 7.72. The quantitative estimate of drug-likeness (QED) is 0.612. The van der Waals surface area contributed by atoms with Gasteiger partial charge in [0.05, 0.1) is 11.3 Å². The van der Waals surface area contributed by atoms with E-state index in [0.717, 1.165) is 22.4 Å². The molecule has 1 amide bonds. The topological polar surface area (TPSA) is 72.2 Å². The minimum absolute atomic E-state index is 0.229.